The zero-order valence-corrected chi connectivity index (χ0v) is 12.9. The monoisotopic (exact) mass is 300 g/mol. The minimum atomic E-state index is -0.611. The van der Waals surface area contributed by atoms with Crippen LogP contribution in [-0.2, 0) is 9.53 Å². The van der Waals surface area contributed by atoms with Gasteiger partial charge in [-0.2, -0.15) is 0 Å². The molecule has 0 unspecified atom stereocenters. The number of phenolic OH excluding ortho intramolecular Hbond substituents is 2. The third-order valence-electron chi connectivity index (χ3n) is 3.10. The van der Waals surface area contributed by atoms with Crippen LogP contribution in [0.4, 0.5) is 0 Å². The molecule has 0 saturated carbocycles. The van der Waals surface area contributed by atoms with Crippen molar-refractivity contribution in [1.29, 1.82) is 0 Å². The molecule has 0 fully saturated rings. The van der Waals surface area contributed by atoms with Crippen molar-refractivity contribution in [1.82, 2.24) is 0 Å². The van der Waals surface area contributed by atoms with Crippen molar-refractivity contribution in [3.63, 3.8) is 0 Å². The fraction of sp³-hybridized carbons (Fsp3) is 0.278. The summed E-state index contributed by atoms with van der Waals surface area (Å²) in [7, 11) is 0. The number of aromatic hydroxyl groups is 2. The Morgan fingerprint density at radius 2 is 1.23 bits per heavy atom. The molecule has 4 nitrogen and oxygen atoms in total. The zero-order chi connectivity index (χ0) is 16.3. The topological polar surface area (TPSA) is 66.8 Å². The molecule has 22 heavy (non-hydrogen) atoms. The third-order valence-corrected chi connectivity index (χ3v) is 3.10. The van der Waals surface area contributed by atoms with Crippen molar-refractivity contribution in [3.8, 4) is 11.5 Å². The number of esters is 1. The average Bonchev–Trinajstić information content (AvgIpc) is 2.41. The van der Waals surface area contributed by atoms with Crippen molar-refractivity contribution in [2.24, 2.45) is 0 Å². The van der Waals surface area contributed by atoms with Crippen molar-refractivity contribution in [2.75, 3.05) is 0 Å². The number of carbonyl (C=O) groups excluding carboxylic acids is 1. The van der Waals surface area contributed by atoms with Crippen molar-refractivity contribution in [3.05, 3.63) is 59.7 Å². The van der Waals surface area contributed by atoms with Gasteiger partial charge in [0.25, 0.3) is 0 Å². The Morgan fingerprint density at radius 1 is 0.864 bits per heavy atom. The second-order valence-electron chi connectivity index (χ2n) is 6.15. The molecule has 0 heterocycles. The summed E-state index contributed by atoms with van der Waals surface area (Å²) in [6.45, 7) is 5.45. The van der Waals surface area contributed by atoms with Gasteiger partial charge in [0.2, 0.25) is 0 Å². The highest BCUT2D eigenvalue weighted by Crippen LogP contribution is 2.30. The van der Waals surface area contributed by atoms with Crippen LogP contribution in [0.3, 0.4) is 0 Å². The Kier molecular flexibility index (Phi) is 4.40. The Bertz CT molecular complexity index is 591. The molecule has 2 N–H and O–H groups in total. The van der Waals surface area contributed by atoms with Gasteiger partial charge >= 0.3 is 5.97 Å². The summed E-state index contributed by atoms with van der Waals surface area (Å²) in [5.74, 6) is -0.709. The number of hydrogen-bond donors (Lipinski definition) is 2. The first-order valence-electron chi connectivity index (χ1n) is 7.07. The van der Waals surface area contributed by atoms with Crippen LogP contribution < -0.4 is 0 Å². The van der Waals surface area contributed by atoms with Gasteiger partial charge in [0.05, 0.1) is 0 Å². The lowest BCUT2D eigenvalue weighted by molar-refractivity contribution is -0.155. The van der Waals surface area contributed by atoms with Gasteiger partial charge in [-0.1, -0.05) is 24.3 Å². The summed E-state index contributed by atoms with van der Waals surface area (Å²) in [6, 6.07) is 12.9. The molecule has 4 heteroatoms. The van der Waals surface area contributed by atoms with E-state index in [0.717, 1.165) is 11.1 Å². The van der Waals surface area contributed by atoms with Crippen molar-refractivity contribution in [2.45, 2.75) is 32.3 Å². The van der Waals surface area contributed by atoms with E-state index in [9.17, 15) is 15.0 Å². The Labute approximate surface area is 130 Å². The van der Waals surface area contributed by atoms with E-state index in [0.29, 0.717) is 0 Å². The van der Waals surface area contributed by atoms with E-state index >= 15 is 0 Å². The summed E-state index contributed by atoms with van der Waals surface area (Å²) in [4.78, 5) is 12.6. The molecule has 0 saturated heterocycles. The van der Waals surface area contributed by atoms with E-state index in [1.165, 1.54) is 24.3 Å². The zero-order valence-electron chi connectivity index (χ0n) is 12.9. The smallest absolute Gasteiger partial charge is 0.318 e. The molecule has 0 amide bonds. The summed E-state index contributed by atoms with van der Waals surface area (Å²) in [5, 5.41) is 18.8. The fourth-order valence-electron chi connectivity index (χ4n) is 2.16. The summed E-state index contributed by atoms with van der Waals surface area (Å²) in [6.07, 6.45) is 0. The van der Waals surface area contributed by atoms with Crippen LogP contribution in [0.2, 0.25) is 0 Å². The fourth-order valence-corrected chi connectivity index (χ4v) is 2.16. The highest BCUT2D eigenvalue weighted by molar-refractivity contribution is 5.82. The Morgan fingerprint density at radius 3 is 1.55 bits per heavy atom. The molecule has 116 valence electrons. The highest BCUT2D eigenvalue weighted by Gasteiger charge is 2.28. The van der Waals surface area contributed by atoms with Crippen molar-refractivity contribution < 1.29 is 19.7 Å². The number of benzene rings is 2. The lowest BCUT2D eigenvalue weighted by Crippen LogP contribution is -2.28. The van der Waals surface area contributed by atoms with Gasteiger partial charge in [0, 0.05) is 0 Å². The largest absolute Gasteiger partial charge is 0.508 e. The normalized spacial score (nSPS) is 11.5. The third kappa shape index (κ3) is 4.01. The molecule has 0 aromatic heterocycles. The number of phenols is 2. The second-order valence-corrected chi connectivity index (χ2v) is 6.15. The molecule has 0 aliphatic heterocycles. The molecule has 2 aromatic rings. The minimum Gasteiger partial charge on any atom is -0.508 e. The first-order chi connectivity index (χ1) is 10.3. The maximum absolute atomic E-state index is 12.6. The molecule has 0 aliphatic carbocycles. The number of carbonyl (C=O) groups is 1. The molecule has 2 rings (SSSR count). The molecular formula is C18H20O4. The van der Waals surface area contributed by atoms with E-state index in [4.69, 9.17) is 4.74 Å². The number of ether oxygens (including phenoxy) is 1. The van der Waals surface area contributed by atoms with Gasteiger partial charge in [0.15, 0.2) is 0 Å². The lowest BCUT2D eigenvalue weighted by Gasteiger charge is -2.24. The Hall–Kier alpha value is -2.49. The predicted molar refractivity (Wildman–Crippen MR) is 83.9 cm³/mol. The highest BCUT2D eigenvalue weighted by atomic mass is 16.6. The van der Waals surface area contributed by atoms with Gasteiger partial charge in [-0.3, -0.25) is 4.79 Å². The molecule has 0 spiro atoms. The molecule has 2 aromatic carbocycles. The van der Waals surface area contributed by atoms with E-state index in [1.54, 1.807) is 24.3 Å². The van der Waals surface area contributed by atoms with Crippen LogP contribution in [0, 0.1) is 0 Å². The quantitative estimate of drug-likeness (QED) is 0.850. The molecule has 0 aliphatic rings. The molecular weight excluding hydrogens is 280 g/mol. The summed E-state index contributed by atoms with van der Waals surface area (Å²) in [5.41, 5.74) is 0.846. The summed E-state index contributed by atoms with van der Waals surface area (Å²) >= 11 is 0. The van der Waals surface area contributed by atoms with E-state index in [1.807, 2.05) is 20.8 Å². The van der Waals surface area contributed by atoms with Gasteiger partial charge in [-0.05, 0) is 56.2 Å². The number of hydrogen-bond acceptors (Lipinski definition) is 4. The van der Waals surface area contributed by atoms with E-state index in [2.05, 4.69) is 0 Å². The van der Waals surface area contributed by atoms with Crippen LogP contribution >= 0.6 is 0 Å². The van der Waals surface area contributed by atoms with Crippen LogP contribution in [0.1, 0.15) is 37.8 Å². The molecule has 0 radical (unpaired) electrons. The van der Waals surface area contributed by atoms with Crippen molar-refractivity contribution >= 4 is 5.97 Å². The van der Waals surface area contributed by atoms with Crippen LogP contribution in [-0.4, -0.2) is 21.8 Å². The second kappa shape index (κ2) is 6.10. The van der Waals surface area contributed by atoms with Gasteiger partial charge in [-0.15, -0.1) is 0 Å². The first kappa shape index (κ1) is 15.9. The first-order valence-corrected chi connectivity index (χ1v) is 7.07. The van der Waals surface area contributed by atoms with Crippen LogP contribution in [0.5, 0.6) is 11.5 Å². The maximum Gasteiger partial charge on any atom is 0.318 e. The number of rotatable bonds is 3. The molecule has 0 atom stereocenters. The SMILES string of the molecule is CC(C)(C)OC(=O)C(c1ccc(O)cc1)c1ccc(O)cc1. The van der Waals surface area contributed by atoms with Crippen LogP contribution in [0.25, 0.3) is 0 Å². The van der Waals surface area contributed by atoms with Crippen LogP contribution in [0.15, 0.2) is 48.5 Å². The van der Waals surface area contributed by atoms with Gasteiger partial charge < -0.3 is 14.9 Å². The minimum absolute atomic E-state index is 0.136. The van der Waals surface area contributed by atoms with E-state index in [-0.39, 0.29) is 17.5 Å². The van der Waals surface area contributed by atoms with E-state index < -0.39 is 11.5 Å². The molecule has 0 bridgehead atoms. The maximum atomic E-state index is 12.6. The average molecular weight is 300 g/mol. The van der Waals surface area contributed by atoms with Gasteiger partial charge in [0.1, 0.15) is 23.0 Å². The lowest BCUT2D eigenvalue weighted by atomic mass is 9.91. The summed E-state index contributed by atoms with van der Waals surface area (Å²) < 4.78 is 5.51. The predicted octanol–water partition coefficient (Wildman–Crippen LogP) is 3.57. The standard InChI is InChI=1S/C18H20O4/c1-18(2,3)22-17(21)16(12-4-8-14(19)9-5-12)13-6-10-15(20)11-7-13/h4-11,16,19-20H,1-3H3. The Balaban J connectivity index is 2.42. The van der Waals surface area contributed by atoms with Gasteiger partial charge in [-0.25, -0.2) is 0 Å².